The van der Waals surface area contributed by atoms with Crippen LogP contribution >= 0.6 is 0 Å². The quantitative estimate of drug-likeness (QED) is 0.677. The van der Waals surface area contributed by atoms with Gasteiger partial charge >= 0.3 is 5.97 Å². The van der Waals surface area contributed by atoms with Crippen molar-refractivity contribution >= 4 is 17.5 Å². The van der Waals surface area contributed by atoms with Crippen LogP contribution < -0.4 is 0 Å². The number of hydrogen-bond donors (Lipinski definition) is 0. The van der Waals surface area contributed by atoms with Crippen molar-refractivity contribution in [3.63, 3.8) is 0 Å². The van der Waals surface area contributed by atoms with Crippen LogP contribution in [-0.2, 0) is 28.6 Å². The minimum Gasteiger partial charge on any atom is -0.493 e. The summed E-state index contributed by atoms with van der Waals surface area (Å²) in [4.78, 5) is 39.6. The van der Waals surface area contributed by atoms with Crippen LogP contribution in [0.2, 0.25) is 0 Å². The van der Waals surface area contributed by atoms with E-state index < -0.39 is 22.9 Å². The number of Topliss-reactive ketones (excluding diaryl/α,β-unsaturated/α-hetero) is 2. The van der Waals surface area contributed by atoms with Gasteiger partial charge in [-0.15, -0.1) is 0 Å². The lowest BCUT2D eigenvalue weighted by Gasteiger charge is -2.64. The second-order valence-corrected chi connectivity index (χ2v) is 9.16. The van der Waals surface area contributed by atoms with E-state index in [9.17, 15) is 14.4 Å². The molecule has 0 radical (unpaired) electrons. The Hall–Kier alpha value is -2.11. The molecule has 6 heteroatoms. The number of rotatable bonds is 2. The second kappa shape index (κ2) is 5.94. The molecule has 1 aliphatic heterocycles. The Labute approximate surface area is 165 Å². The van der Waals surface area contributed by atoms with E-state index in [2.05, 4.69) is 0 Å². The van der Waals surface area contributed by atoms with Crippen LogP contribution in [0.15, 0.2) is 23.2 Å². The first-order chi connectivity index (χ1) is 13.1. The highest BCUT2D eigenvalue weighted by atomic mass is 16.5. The van der Waals surface area contributed by atoms with Gasteiger partial charge in [-0.2, -0.15) is 0 Å². The Morgan fingerprint density at radius 1 is 1.14 bits per heavy atom. The monoisotopic (exact) mass is 388 g/mol. The number of carbonyl (C=O) groups is 3. The van der Waals surface area contributed by atoms with Crippen molar-refractivity contribution in [3.8, 4) is 0 Å². The van der Waals surface area contributed by atoms with Crippen molar-refractivity contribution in [1.82, 2.24) is 0 Å². The molecular weight excluding hydrogens is 360 g/mol. The molecule has 0 amide bonds. The molecule has 4 rings (SSSR count). The molecule has 2 fully saturated rings. The molecule has 1 heterocycles. The fourth-order valence-corrected chi connectivity index (χ4v) is 6.81. The van der Waals surface area contributed by atoms with Gasteiger partial charge in [0.1, 0.15) is 6.10 Å². The molecule has 3 unspecified atom stereocenters. The van der Waals surface area contributed by atoms with Gasteiger partial charge in [0.05, 0.1) is 20.6 Å². The lowest BCUT2D eigenvalue weighted by molar-refractivity contribution is -0.217. The van der Waals surface area contributed by atoms with Crippen LogP contribution in [0.3, 0.4) is 0 Å². The number of ether oxygens (including phenoxy) is 3. The minimum atomic E-state index is -0.936. The molecule has 0 aromatic rings. The molecule has 0 aromatic carbocycles. The fraction of sp³-hybridized carbons (Fsp3) is 0.682. The van der Waals surface area contributed by atoms with Crippen LogP contribution in [-0.4, -0.2) is 37.9 Å². The normalized spacial score (nSPS) is 45.0. The van der Waals surface area contributed by atoms with Crippen LogP contribution in [0.5, 0.6) is 0 Å². The number of methoxy groups -OCH3 is 2. The van der Waals surface area contributed by atoms with Crippen molar-refractivity contribution < 1.29 is 28.6 Å². The number of fused-ring (bicyclic) bond motifs is 2. The first-order valence-corrected chi connectivity index (χ1v) is 9.91. The van der Waals surface area contributed by atoms with Gasteiger partial charge < -0.3 is 14.2 Å². The first-order valence-electron chi connectivity index (χ1n) is 9.91. The maximum atomic E-state index is 13.7. The maximum Gasteiger partial charge on any atom is 0.306 e. The van der Waals surface area contributed by atoms with E-state index in [1.807, 2.05) is 33.8 Å². The summed E-state index contributed by atoms with van der Waals surface area (Å²) >= 11 is 0. The molecule has 1 saturated carbocycles. The van der Waals surface area contributed by atoms with Crippen LogP contribution in [0.1, 0.15) is 40.5 Å². The topological polar surface area (TPSA) is 78.9 Å². The Bertz CT molecular complexity index is 838. The summed E-state index contributed by atoms with van der Waals surface area (Å²) in [7, 11) is 2.97. The van der Waals surface area contributed by atoms with Gasteiger partial charge in [-0.05, 0) is 36.8 Å². The van der Waals surface area contributed by atoms with E-state index in [-0.39, 0.29) is 47.5 Å². The smallest absolute Gasteiger partial charge is 0.306 e. The van der Waals surface area contributed by atoms with Gasteiger partial charge in [0, 0.05) is 22.7 Å². The number of hydrogen-bond acceptors (Lipinski definition) is 6. The standard InChI is InChI=1S/C22H28O6/c1-10-7-14(26-5)20(25)22(4)12(10)8-15-21(3)13(9-16(23)28-15)11(2)18(27-6)17(24)19(21)22/h7,10,12-13,15,19H,8-9H2,1-6H3/t10?,12?,13-,15+,19?,21+,22-/m0/s1. The van der Waals surface area contributed by atoms with Crippen molar-refractivity contribution in [1.29, 1.82) is 0 Å². The van der Waals surface area contributed by atoms with Gasteiger partial charge in [-0.1, -0.05) is 20.8 Å². The number of ketones is 2. The molecule has 6 nitrogen and oxygen atoms in total. The van der Waals surface area contributed by atoms with Gasteiger partial charge in [0.2, 0.25) is 11.6 Å². The highest BCUT2D eigenvalue weighted by Gasteiger charge is 2.72. The zero-order valence-electron chi connectivity index (χ0n) is 17.3. The van der Waals surface area contributed by atoms with Crippen LogP contribution in [0, 0.1) is 34.5 Å². The van der Waals surface area contributed by atoms with E-state index >= 15 is 0 Å². The summed E-state index contributed by atoms with van der Waals surface area (Å²) in [6.07, 6.45) is 2.21. The van der Waals surface area contributed by atoms with E-state index in [0.717, 1.165) is 5.57 Å². The number of carbonyl (C=O) groups excluding carboxylic acids is 3. The molecular formula is C22H28O6. The molecule has 0 N–H and O–H groups in total. The van der Waals surface area contributed by atoms with Gasteiger partial charge in [-0.3, -0.25) is 14.4 Å². The molecule has 3 aliphatic carbocycles. The van der Waals surface area contributed by atoms with Crippen molar-refractivity contribution in [2.45, 2.75) is 46.6 Å². The number of esters is 1. The van der Waals surface area contributed by atoms with E-state index in [1.165, 1.54) is 14.2 Å². The fourth-order valence-electron chi connectivity index (χ4n) is 6.81. The summed E-state index contributed by atoms with van der Waals surface area (Å²) in [5, 5.41) is 0. The predicted molar refractivity (Wildman–Crippen MR) is 99.8 cm³/mol. The molecule has 0 bridgehead atoms. The van der Waals surface area contributed by atoms with Gasteiger partial charge in [0.25, 0.3) is 0 Å². The Balaban J connectivity index is 1.99. The SMILES string of the molecule is COC1=CC(C)C2C[C@H]3OC(=O)C[C@H]4C(C)=C(OC)C(=O)C([C@@]2(C)C1=O)[C@@]34C. The molecule has 7 atom stereocenters. The molecule has 4 aliphatic rings. The van der Waals surface area contributed by atoms with Crippen molar-refractivity contribution in [2.24, 2.45) is 34.5 Å². The Kier molecular flexibility index (Phi) is 4.08. The lowest BCUT2D eigenvalue weighted by Crippen LogP contribution is -2.69. The predicted octanol–water partition coefficient (Wildman–Crippen LogP) is 2.82. The highest BCUT2D eigenvalue weighted by Crippen LogP contribution is 2.67. The van der Waals surface area contributed by atoms with Gasteiger partial charge in [0.15, 0.2) is 11.5 Å². The number of allylic oxidation sites excluding steroid dienone is 4. The lowest BCUT2D eigenvalue weighted by atomic mass is 9.40. The van der Waals surface area contributed by atoms with Crippen molar-refractivity contribution in [3.05, 3.63) is 23.2 Å². The zero-order chi connectivity index (χ0) is 20.6. The van der Waals surface area contributed by atoms with E-state index in [0.29, 0.717) is 12.2 Å². The maximum absolute atomic E-state index is 13.7. The third kappa shape index (κ3) is 2.06. The summed E-state index contributed by atoms with van der Waals surface area (Å²) in [5.41, 5.74) is -0.795. The summed E-state index contributed by atoms with van der Waals surface area (Å²) in [6, 6.07) is 0. The molecule has 0 spiro atoms. The third-order valence-corrected chi connectivity index (χ3v) is 8.10. The largest absolute Gasteiger partial charge is 0.493 e. The highest BCUT2D eigenvalue weighted by molar-refractivity contribution is 6.07. The van der Waals surface area contributed by atoms with E-state index in [1.54, 1.807) is 0 Å². The third-order valence-electron chi connectivity index (χ3n) is 8.10. The van der Waals surface area contributed by atoms with E-state index in [4.69, 9.17) is 14.2 Å². The first kappa shape index (κ1) is 19.2. The zero-order valence-corrected chi connectivity index (χ0v) is 17.3. The summed E-state index contributed by atoms with van der Waals surface area (Å²) < 4.78 is 16.7. The molecule has 28 heavy (non-hydrogen) atoms. The Morgan fingerprint density at radius 2 is 1.82 bits per heavy atom. The summed E-state index contributed by atoms with van der Waals surface area (Å²) in [6.45, 7) is 7.80. The average Bonchev–Trinajstić information content (AvgIpc) is 2.63. The molecule has 1 saturated heterocycles. The second-order valence-electron chi connectivity index (χ2n) is 9.16. The molecule has 152 valence electrons. The van der Waals surface area contributed by atoms with Crippen LogP contribution in [0.4, 0.5) is 0 Å². The van der Waals surface area contributed by atoms with Crippen molar-refractivity contribution in [2.75, 3.05) is 14.2 Å². The summed E-state index contributed by atoms with van der Waals surface area (Å²) in [5.74, 6) is -0.854. The minimum absolute atomic E-state index is 0.0204. The van der Waals surface area contributed by atoms with Crippen LogP contribution in [0.25, 0.3) is 0 Å². The average molecular weight is 388 g/mol. The Morgan fingerprint density at radius 3 is 2.43 bits per heavy atom. The molecule has 0 aromatic heterocycles. The van der Waals surface area contributed by atoms with Gasteiger partial charge in [-0.25, -0.2) is 0 Å².